The zero-order chi connectivity index (χ0) is 25.7. The Hall–Kier alpha value is -4.13. The van der Waals surface area contributed by atoms with Gasteiger partial charge in [0.05, 0.1) is 0 Å². The molecule has 1 aliphatic rings. The monoisotopic (exact) mass is 487 g/mol. The third kappa shape index (κ3) is 5.57. The number of benzene rings is 3. The Balaban J connectivity index is 1.32. The van der Waals surface area contributed by atoms with Gasteiger partial charge in [-0.1, -0.05) is 78.9 Å². The number of carbonyl (C=O) groups excluding carboxylic acids is 2. The first-order chi connectivity index (χ1) is 17.3. The second kappa shape index (κ2) is 10.6. The number of carbonyl (C=O) groups is 3. The fourth-order valence-corrected chi connectivity index (χ4v) is 4.54. The van der Waals surface area contributed by atoms with E-state index in [9.17, 15) is 19.5 Å². The van der Waals surface area contributed by atoms with Crippen molar-refractivity contribution in [2.24, 2.45) is 0 Å². The van der Waals surface area contributed by atoms with Crippen LogP contribution in [0.3, 0.4) is 0 Å². The normalized spacial score (nSPS) is 13.3. The van der Waals surface area contributed by atoms with Crippen molar-refractivity contribution in [2.75, 3.05) is 6.61 Å². The van der Waals surface area contributed by atoms with Crippen LogP contribution in [-0.2, 0) is 24.7 Å². The molecule has 0 spiro atoms. The summed E-state index contributed by atoms with van der Waals surface area (Å²) in [5.74, 6) is -1.94. The molecule has 0 radical (unpaired) electrons. The Morgan fingerprint density at radius 1 is 0.889 bits per heavy atom. The van der Waals surface area contributed by atoms with Gasteiger partial charge in [-0.2, -0.15) is 0 Å². The summed E-state index contributed by atoms with van der Waals surface area (Å²) < 4.78 is 11.0. The number of rotatable bonds is 9. The fourth-order valence-electron chi connectivity index (χ4n) is 4.54. The number of esters is 1. The van der Waals surface area contributed by atoms with Gasteiger partial charge in [-0.3, -0.25) is 4.79 Å². The van der Waals surface area contributed by atoms with Gasteiger partial charge in [0.2, 0.25) is 0 Å². The molecule has 0 fully saturated rings. The molecule has 7 nitrogen and oxygen atoms in total. The summed E-state index contributed by atoms with van der Waals surface area (Å²) in [5, 5.41) is 11.9. The van der Waals surface area contributed by atoms with Gasteiger partial charge in [-0.05, 0) is 48.1 Å². The highest BCUT2D eigenvalue weighted by atomic mass is 16.6. The molecule has 7 heteroatoms. The van der Waals surface area contributed by atoms with E-state index < -0.39 is 29.7 Å². The topological polar surface area (TPSA) is 102 Å². The number of hydrogen-bond acceptors (Lipinski definition) is 5. The quantitative estimate of drug-likeness (QED) is 0.401. The number of alkyl carbamates (subject to hydrolysis) is 1. The molecule has 1 aliphatic carbocycles. The molecule has 0 aliphatic heterocycles. The van der Waals surface area contributed by atoms with Crippen LogP contribution in [0.4, 0.5) is 4.79 Å². The summed E-state index contributed by atoms with van der Waals surface area (Å²) in [6.45, 7) is 3.60. The standard InChI is InChI=1S/C29H29NO6/c1-29(2,19-10-4-3-5-11-19)36-26(31)17-16-25(27(32)33)30-28(34)35-18-24-22-14-8-6-12-20(22)21-13-7-9-15-23(21)24/h3-15,24-25H,16-18H2,1-2H3,(H,30,34)(H,32,33). The molecule has 3 aromatic carbocycles. The molecule has 3 aromatic rings. The minimum Gasteiger partial charge on any atom is -0.480 e. The summed E-state index contributed by atoms with van der Waals surface area (Å²) in [4.78, 5) is 36.6. The van der Waals surface area contributed by atoms with Crippen LogP contribution in [-0.4, -0.2) is 35.8 Å². The predicted octanol–water partition coefficient (Wildman–Crippen LogP) is 5.24. The molecule has 0 saturated heterocycles. The van der Waals surface area contributed by atoms with E-state index in [1.807, 2.05) is 78.9 Å². The number of fused-ring (bicyclic) bond motifs is 3. The van der Waals surface area contributed by atoms with Crippen LogP contribution in [0, 0.1) is 0 Å². The van der Waals surface area contributed by atoms with Gasteiger partial charge in [-0.15, -0.1) is 0 Å². The fraction of sp³-hybridized carbons (Fsp3) is 0.276. The summed E-state index contributed by atoms with van der Waals surface area (Å²) in [5.41, 5.74) is 4.28. The van der Waals surface area contributed by atoms with E-state index in [0.717, 1.165) is 27.8 Å². The molecule has 0 aromatic heterocycles. The predicted molar refractivity (Wildman–Crippen MR) is 134 cm³/mol. The molecule has 4 rings (SSSR count). The third-order valence-corrected chi connectivity index (χ3v) is 6.41. The largest absolute Gasteiger partial charge is 0.480 e. The molecule has 1 unspecified atom stereocenters. The molecule has 36 heavy (non-hydrogen) atoms. The number of ether oxygens (including phenoxy) is 2. The minimum absolute atomic E-state index is 0.0690. The van der Waals surface area contributed by atoms with Gasteiger partial charge in [0, 0.05) is 12.3 Å². The maximum atomic E-state index is 12.5. The van der Waals surface area contributed by atoms with Crippen LogP contribution < -0.4 is 5.32 Å². The summed E-state index contributed by atoms with van der Waals surface area (Å²) in [6.07, 6.45) is -1.14. The molecule has 0 bridgehead atoms. The molecule has 186 valence electrons. The number of carboxylic acid groups (broad SMARTS) is 1. The first kappa shape index (κ1) is 25.0. The van der Waals surface area contributed by atoms with Crippen molar-refractivity contribution >= 4 is 18.0 Å². The smallest absolute Gasteiger partial charge is 0.407 e. The lowest BCUT2D eigenvalue weighted by atomic mass is 9.98. The van der Waals surface area contributed by atoms with Gasteiger partial charge >= 0.3 is 18.0 Å². The molecular weight excluding hydrogens is 458 g/mol. The van der Waals surface area contributed by atoms with E-state index in [0.29, 0.717) is 0 Å². The molecule has 1 atom stereocenters. The maximum absolute atomic E-state index is 12.5. The van der Waals surface area contributed by atoms with Crippen molar-refractivity contribution < 1.29 is 29.0 Å². The van der Waals surface area contributed by atoms with Crippen LogP contribution in [0.5, 0.6) is 0 Å². The van der Waals surface area contributed by atoms with E-state index in [2.05, 4.69) is 5.32 Å². The Labute approximate surface area is 210 Å². The zero-order valence-electron chi connectivity index (χ0n) is 20.3. The van der Waals surface area contributed by atoms with Crippen LogP contribution in [0.15, 0.2) is 78.9 Å². The van der Waals surface area contributed by atoms with Crippen molar-refractivity contribution in [1.82, 2.24) is 5.32 Å². The first-order valence-electron chi connectivity index (χ1n) is 11.9. The van der Waals surface area contributed by atoms with Crippen LogP contribution in [0.1, 0.15) is 49.3 Å². The first-order valence-corrected chi connectivity index (χ1v) is 11.9. The van der Waals surface area contributed by atoms with Crippen LogP contribution >= 0.6 is 0 Å². The average molecular weight is 488 g/mol. The second-order valence-corrected chi connectivity index (χ2v) is 9.25. The lowest BCUT2D eigenvalue weighted by Gasteiger charge is -2.26. The minimum atomic E-state index is -1.28. The Kier molecular flexibility index (Phi) is 7.38. The lowest BCUT2D eigenvalue weighted by molar-refractivity contribution is -0.157. The summed E-state index contributed by atoms with van der Waals surface area (Å²) in [7, 11) is 0. The van der Waals surface area contributed by atoms with E-state index in [1.165, 1.54) is 0 Å². The van der Waals surface area contributed by atoms with E-state index in [4.69, 9.17) is 9.47 Å². The maximum Gasteiger partial charge on any atom is 0.407 e. The number of aliphatic carboxylic acids is 1. The highest BCUT2D eigenvalue weighted by molar-refractivity contribution is 5.81. The number of amides is 1. The Bertz CT molecular complexity index is 1210. The zero-order valence-corrected chi connectivity index (χ0v) is 20.3. The molecule has 0 saturated carbocycles. The Morgan fingerprint density at radius 2 is 1.44 bits per heavy atom. The number of nitrogens with one attached hydrogen (secondary N) is 1. The van der Waals surface area contributed by atoms with E-state index >= 15 is 0 Å². The van der Waals surface area contributed by atoms with Crippen molar-refractivity contribution in [1.29, 1.82) is 0 Å². The van der Waals surface area contributed by atoms with Crippen molar-refractivity contribution in [3.8, 4) is 11.1 Å². The molecule has 2 N–H and O–H groups in total. The van der Waals surface area contributed by atoms with Crippen LogP contribution in [0.25, 0.3) is 11.1 Å². The summed E-state index contributed by atoms with van der Waals surface area (Å²) in [6, 6.07) is 23.9. The average Bonchev–Trinajstić information content (AvgIpc) is 3.19. The molecular formula is C29H29NO6. The van der Waals surface area contributed by atoms with Crippen molar-refractivity contribution in [3.63, 3.8) is 0 Å². The summed E-state index contributed by atoms with van der Waals surface area (Å²) >= 11 is 0. The molecule has 1 amide bonds. The van der Waals surface area contributed by atoms with Gasteiger partial charge in [0.25, 0.3) is 0 Å². The van der Waals surface area contributed by atoms with Crippen molar-refractivity contribution in [3.05, 3.63) is 95.6 Å². The lowest BCUT2D eigenvalue weighted by Crippen LogP contribution is -2.42. The van der Waals surface area contributed by atoms with Gasteiger partial charge in [-0.25, -0.2) is 9.59 Å². The van der Waals surface area contributed by atoms with Crippen LogP contribution in [0.2, 0.25) is 0 Å². The van der Waals surface area contributed by atoms with Gasteiger partial charge in [0.15, 0.2) is 0 Å². The number of carboxylic acids is 1. The molecule has 0 heterocycles. The highest BCUT2D eigenvalue weighted by Crippen LogP contribution is 2.44. The van der Waals surface area contributed by atoms with Gasteiger partial charge in [0.1, 0.15) is 18.2 Å². The second-order valence-electron chi connectivity index (χ2n) is 9.25. The SMILES string of the molecule is CC(C)(OC(=O)CCC(NC(=O)OCC1c2ccccc2-c2ccccc21)C(=O)O)c1ccccc1. The third-order valence-electron chi connectivity index (χ3n) is 6.41. The van der Waals surface area contributed by atoms with E-state index in [-0.39, 0.29) is 25.4 Å². The van der Waals surface area contributed by atoms with Gasteiger partial charge < -0.3 is 19.9 Å². The van der Waals surface area contributed by atoms with E-state index in [1.54, 1.807) is 13.8 Å². The number of hydrogen-bond donors (Lipinski definition) is 2. The Morgan fingerprint density at radius 3 is 2.03 bits per heavy atom. The highest BCUT2D eigenvalue weighted by Gasteiger charge is 2.30. The van der Waals surface area contributed by atoms with Crippen molar-refractivity contribution in [2.45, 2.75) is 44.2 Å².